The van der Waals surface area contributed by atoms with Crippen LogP contribution in [-0.4, -0.2) is 11.2 Å². The van der Waals surface area contributed by atoms with E-state index in [1.54, 1.807) is 5.37 Å². The molecule has 1 nitrogen and oxygen atoms in total. The molecule has 2 rings (SSSR count). The SMILES string of the molecule is Cc1cc(C=S)c(Br)cc1C(=O)c1ccccc1. The molecule has 0 radical (unpaired) electrons. The molecule has 0 atom stereocenters. The van der Waals surface area contributed by atoms with Crippen LogP contribution in [0.1, 0.15) is 27.0 Å². The minimum atomic E-state index is 0.0321. The van der Waals surface area contributed by atoms with Gasteiger partial charge in [0.1, 0.15) is 0 Å². The second-order valence-electron chi connectivity index (χ2n) is 4.00. The first kappa shape index (κ1) is 13.1. The van der Waals surface area contributed by atoms with Crippen LogP contribution in [-0.2, 0) is 0 Å². The highest BCUT2D eigenvalue weighted by Crippen LogP contribution is 2.23. The van der Waals surface area contributed by atoms with Gasteiger partial charge in [0.15, 0.2) is 5.78 Å². The average molecular weight is 319 g/mol. The molecule has 2 aromatic carbocycles. The van der Waals surface area contributed by atoms with E-state index < -0.39 is 0 Å². The largest absolute Gasteiger partial charge is 0.289 e. The third-order valence-electron chi connectivity index (χ3n) is 2.75. The lowest BCUT2D eigenvalue weighted by atomic mass is 9.98. The Kier molecular flexibility index (Phi) is 4.04. The molecule has 90 valence electrons. The summed E-state index contributed by atoms with van der Waals surface area (Å²) in [7, 11) is 0. The fraction of sp³-hybridized carbons (Fsp3) is 0.0667. The van der Waals surface area contributed by atoms with Crippen molar-refractivity contribution in [1.29, 1.82) is 0 Å². The molecule has 0 heterocycles. The Bertz CT molecular complexity index is 605. The first-order valence-electron chi connectivity index (χ1n) is 5.48. The molecule has 0 aliphatic carbocycles. The van der Waals surface area contributed by atoms with Crippen molar-refractivity contribution < 1.29 is 4.79 Å². The lowest BCUT2D eigenvalue weighted by Crippen LogP contribution is -2.04. The van der Waals surface area contributed by atoms with Gasteiger partial charge in [-0.25, -0.2) is 0 Å². The smallest absolute Gasteiger partial charge is 0.193 e. The summed E-state index contributed by atoms with van der Waals surface area (Å²) in [6, 6.07) is 13.0. The molecule has 0 bridgehead atoms. The molecule has 0 N–H and O–H groups in total. The summed E-state index contributed by atoms with van der Waals surface area (Å²) < 4.78 is 0.849. The van der Waals surface area contributed by atoms with Crippen molar-refractivity contribution in [2.75, 3.05) is 0 Å². The van der Waals surface area contributed by atoms with E-state index in [1.807, 2.05) is 49.4 Å². The van der Waals surface area contributed by atoms with Gasteiger partial charge in [0.2, 0.25) is 0 Å². The van der Waals surface area contributed by atoms with E-state index >= 15 is 0 Å². The highest BCUT2D eigenvalue weighted by Gasteiger charge is 2.13. The number of ketones is 1. The Balaban J connectivity index is 2.49. The number of benzene rings is 2. The summed E-state index contributed by atoms with van der Waals surface area (Å²) in [4.78, 5) is 12.4. The highest BCUT2D eigenvalue weighted by atomic mass is 79.9. The zero-order valence-electron chi connectivity index (χ0n) is 9.81. The summed E-state index contributed by atoms with van der Waals surface area (Å²) in [6.45, 7) is 1.92. The number of carbonyl (C=O) groups is 1. The number of hydrogen-bond acceptors (Lipinski definition) is 2. The summed E-state index contributed by atoms with van der Waals surface area (Å²) in [6.07, 6.45) is 0. The van der Waals surface area contributed by atoms with Gasteiger partial charge < -0.3 is 0 Å². The van der Waals surface area contributed by atoms with Crippen LogP contribution >= 0.6 is 28.1 Å². The normalized spacial score (nSPS) is 10.1. The van der Waals surface area contributed by atoms with Crippen molar-refractivity contribution in [2.24, 2.45) is 0 Å². The van der Waals surface area contributed by atoms with E-state index in [1.165, 1.54) is 0 Å². The van der Waals surface area contributed by atoms with Gasteiger partial charge in [-0.1, -0.05) is 58.5 Å². The quantitative estimate of drug-likeness (QED) is 0.618. The second kappa shape index (κ2) is 5.55. The van der Waals surface area contributed by atoms with Crippen molar-refractivity contribution in [3.05, 3.63) is 69.2 Å². The van der Waals surface area contributed by atoms with Crippen LogP contribution in [0.4, 0.5) is 0 Å². The van der Waals surface area contributed by atoms with Gasteiger partial charge in [0.05, 0.1) is 0 Å². The Morgan fingerprint density at radius 3 is 2.50 bits per heavy atom. The van der Waals surface area contributed by atoms with E-state index in [4.69, 9.17) is 12.2 Å². The molecule has 0 amide bonds. The second-order valence-corrected chi connectivity index (χ2v) is 5.09. The molecule has 0 unspecified atom stereocenters. The number of aryl methyl sites for hydroxylation is 1. The molecule has 0 saturated carbocycles. The van der Waals surface area contributed by atoms with Crippen LogP contribution in [0, 0.1) is 6.92 Å². The van der Waals surface area contributed by atoms with Gasteiger partial charge in [-0.05, 0) is 30.2 Å². The van der Waals surface area contributed by atoms with Gasteiger partial charge >= 0.3 is 0 Å². The summed E-state index contributed by atoms with van der Waals surface area (Å²) in [5, 5.41) is 1.61. The predicted molar refractivity (Wildman–Crippen MR) is 81.5 cm³/mol. The maximum absolute atomic E-state index is 12.4. The molecule has 2 aromatic rings. The van der Waals surface area contributed by atoms with E-state index in [0.717, 1.165) is 15.6 Å². The average Bonchev–Trinajstić information content (AvgIpc) is 2.41. The third-order valence-corrected chi connectivity index (χ3v) is 3.69. The van der Waals surface area contributed by atoms with Crippen molar-refractivity contribution in [3.8, 4) is 0 Å². The van der Waals surface area contributed by atoms with Crippen LogP contribution in [0.15, 0.2) is 46.9 Å². The molecule has 3 heteroatoms. The topological polar surface area (TPSA) is 17.1 Å². The first-order chi connectivity index (χ1) is 8.63. The van der Waals surface area contributed by atoms with Crippen LogP contribution in [0.2, 0.25) is 0 Å². The maximum atomic E-state index is 12.4. The van der Waals surface area contributed by atoms with E-state index in [2.05, 4.69) is 15.9 Å². The molecular formula is C15H11BrOS. The lowest BCUT2D eigenvalue weighted by Gasteiger charge is -2.08. The monoisotopic (exact) mass is 318 g/mol. The van der Waals surface area contributed by atoms with Gasteiger partial charge in [-0.2, -0.15) is 0 Å². The van der Waals surface area contributed by atoms with Crippen molar-refractivity contribution in [1.82, 2.24) is 0 Å². The van der Waals surface area contributed by atoms with Crippen LogP contribution in [0.5, 0.6) is 0 Å². The van der Waals surface area contributed by atoms with E-state index in [9.17, 15) is 4.79 Å². The van der Waals surface area contributed by atoms with Gasteiger partial charge in [-0.3, -0.25) is 4.79 Å². The molecular weight excluding hydrogens is 308 g/mol. The van der Waals surface area contributed by atoms with Crippen LogP contribution in [0.3, 0.4) is 0 Å². The van der Waals surface area contributed by atoms with Crippen LogP contribution < -0.4 is 0 Å². The molecule has 0 aliphatic heterocycles. The third kappa shape index (κ3) is 2.57. The fourth-order valence-electron chi connectivity index (χ4n) is 1.78. The standard InChI is InChI=1S/C15H11BrOS/c1-10-7-12(9-18)14(16)8-13(10)15(17)11-5-3-2-4-6-11/h2-9H,1H3. The minimum Gasteiger partial charge on any atom is -0.289 e. The Hall–Kier alpha value is -1.32. The summed E-state index contributed by atoms with van der Waals surface area (Å²) in [5.74, 6) is 0.0321. The molecule has 0 fully saturated rings. The first-order valence-corrected chi connectivity index (χ1v) is 6.75. The van der Waals surface area contributed by atoms with Crippen molar-refractivity contribution in [3.63, 3.8) is 0 Å². The zero-order chi connectivity index (χ0) is 13.1. The number of thiocarbonyl (C=S) groups is 1. The molecule has 0 spiro atoms. The van der Waals surface area contributed by atoms with Gasteiger partial charge in [0.25, 0.3) is 0 Å². The lowest BCUT2D eigenvalue weighted by molar-refractivity contribution is 0.103. The Labute approximate surface area is 120 Å². The number of hydrogen-bond donors (Lipinski definition) is 0. The maximum Gasteiger partial charge on any atom is 0.193 e. The molecule has 0 aromatic heterocycles. The van der Waals surface area contributed by atoms with Crippen LogP contribution in [0.25, 0.3) is 0 Å². The molecule has 0 saturated heterocycles. The number of carbonyl (C=O) groups excluding carboxylic acids is 1. The van der Waals surface area contributed by atoms with Crippen molar-refractivity contribution in [2.45, 2.75) is 6.92 Å². The highest BCUT2D eigenvalue weighted by molar-refractivity contribution is 9.10. The summed E-state index contributed by atoms with van der Waals surface area (Å²) >= 11 is 8.36. The fourth-order valence-corrected chi connectivity index (χ4v) is 2.59. The minimum absolute atomic E-state index is 0.0321. The number of halogens is 1. The van der Waals surface area contributed by atoms with Gasteiger partial charge in [-0.15, -0.1) is 0 Å². The van der Waals surface area contributed by atoms with Gasteiger partial charge in [0, 0.05) is 21.0 Å². The summed E-state index contributed by atoms with van der Waals surface area (Å²) in [5.41, 5.74) is 3.26. The Morgan fingerprint density at radius 2 is 1.89 bits per heavy atom. The van der Waals surface area contributed by atoms with E-state index in [-0.39, 0.29) is 5.78 Å². The van der Waals surface area contributed by atoms with Crippen molar-refractivity contribution >= 4 is 39.3 Å². The predicted octanol–water partition coefficient (Wildman–Crippen LogP) is 4.34. The number of rotatable bonds is 3. The molecule has 18 heavy (non-hydrogen) atoms. The zero-order valence-corrected chi connectivity index (χ0v) is 12.2. The molecule has 0 aliphatic rings. The Morgan fingerprint density at radius 1 is 1.22 bits per heavy atom. The van der Waals surface area contributed by atoms with E-state index in [0.29, 0.717) is 11.1 Å².